The standard InChI is InChI=1S/C13H22N4O2S/c1-13(2,3)16-12(18)19-9-5-4-6-17(8-9)11-10(14)7-15-20-11/h7,9H,4-6,8,14H2,1-3H3,(H,16,18)/t9-/m0/s1. The molecular formula is C13H22N4O2S. The van der Waals surface area contributed by atoms with Gasteiger partial charge in [0.25, 0.3) is 0 Å². The minimum atomic E-state index is -0.360. The number of anilines is 2. The van der Waals surface area contributed by atoms with Gasteiger partial charge in [-0.25, -0.2) is 4.79 Å². The largest absolute Gasteiger partial charge is 0.444 e. The van der Waals surface area contributed by atoms with Crippen LogP contribution in [0.25, 0.3) is 0 Å². The van der Waals surface area contributed by atoms with Crippen molar-refractivity contribution >= 4 is 28.3 Å². The lowest BCUT2D eigenvalue weighted by atomic mass is 10.1. The molecule has 0 unspecified atom stereocenters. The first-order valence-electron chi connectivity index (χ1n) is 6.79. The van der Waals surface area contributed by atoms with Crippen LogP contribution in [0.15, 0.2) is 6.20 Å². The second-order valence-electron chi connectivity index (χ2n) is 6.08. The predicted octanol–water partition coefficient (Wildman–Crippen LogP) is 2.22. The maximum absolute atomic E-state index is 11.8. The molecule has 1 amide bonds. The number of hydrogen-bond acceptors (Lipinski definition) is 6. The summed E-state index contributed by atoms with van der Waals surface area (Å²) in [5.74, 6) is 0. The predicted molar refractivity (Wildman–Crippen MR) is 81.1 cm³/mol. The van der Waals surface area contributed by atoms with E-state index < -0.39 is 0 Å². The van der Waals surface area contributed by atoms with Gasteiger partial charge in [0.05, 0.1) is 18.4 Å². The third-order valence-corrected chi connectivity index (χ3v) is 3.87. The number of carbonyl (C=O) groups excluding carboxylic acids is 1. The number of carbonyl (C=O) groups is 1. The highest BCUT2D eigenvalue weighted by Gasteiger charge is 2.26. The molecule has 2 heterocycles. The fourth-order valence-electron chi connectivity index (χ4n) is 2.19. The van der Waals surface area contributed by atoms with E-state index in [0.717, 1.165) is 24.4 Å². The molecule has 1 aromatic rings. The Morgan fingerprint density at radius 3 is 2.95 bits per heavy atom. The smallest absolute Gasteiger partial charge is 0.407 e. The molecule has 0 radical (unpaired) electrons. The van der Waals surface area contributed by atoms with Gasteiger partial charge in [0.15, 0.2) is 0 Å². The highest BCUT2D eigenvalue weighted by molar-refractivity contribution is 7.10. The van der Waals surface area contributed by atoms with Gasteiger partial charge in [0.1, 0.15) is 11.1 Å². The summed E-state index contributed by atoms with van der Waals surface area (Å²) in [5, 5.41) is 3.78. The summed E-state index contributed by atoms with van der Waals surface area (Å²) in [6, 6.07) is 0. The van der Waals surface area contributed by atoms with E-state index in [2.05, 4.69) is 14.6 Å². The number of nitrogens with zero attached hydrogens (tertiary/aromatic N) is 2. The molecule has 3 N–H and O–H groups in total. The summed E-state index contributed by atoms with van der Waals surface area (Å²) in [7, 11) is 0. The Hall–Kier alpha value is -1.50. The summed E-state index contributed by atoms with van der Waals surface area (Å²) in [4.78, 5) is 13.9. The maximum atomic E-state index is 11.8. The molecule has 1 aromatic heterocycles. The Balaban J connectivity index is 1.91. The Labute approximate surface area is 123 Å². The Bertz CT molecular complexity index is 469. The summed E-state index contributed by atoms with van der Waals surface area (Å²) < 4.78 is 9.57. The zero-order valence-electron chi connectivity index (χ0n) is 12.2. The van der Waals surface area contributed by atoms with Gasteiger partial charge in [0, 0.05) is 12.1 Å². The van der Waals surface area contributed by atoms with Crippen LogP contribution >= 0.6 is 11.5 Å². The number of piperidine rings is 1. The molecule has 1 aliphatic heterocycles. The topological polar surface area (TPSA) is 80.5 Å². The number of hydrogen-bond donors (Lipinski definition) is 2. The van der Waals surface area contributed by atoms with Gasteiger partial charge in [-0.1, -0.05) is 0 Å². The van der Waals surface area contributed by atoms with Gasteiger partial charge >= 0.3 is 6.09 Å². The van der Waals surface area contributed by atoms with Gasteiger partial charge in [-0.2, -0.15) is 4.37 Å². The lowest BCUT2D eigenvalue weighted by Crippen LogP contribution is -2.46. The average Bonchev–Trinajstić information content (AvgIpc) is 2.73. The van der Waals surface area contributed by atoms with Crippen molar-refractivity contribution in [2.45, 2.75) is 45.3 Å². The summed E-state index contributed by atoms with van der Waals surface area (Å²) in [6.07, 6.45) is 3.06. The number of rotatable bonds is 2. The maximum Gasteiger partial charge on any atom is 0.407 e. The summed E-state index contributed by atoms with van der Waals surface area (Å²) in [5.41, 5.74) is 6.29. The third-order valence-electron chi connectivity index (χ3n) is 2.99. The molecule has 0 saturated carbocycles. The number of nitrogen functional groups attached to an aromatic ring is 1. The van der Waals surface area contributed by atoms with Crippen molar-refractivity contribution < 1.29 is 9.53 Å². The minimum absolute atomic E-state index is 0.104. The van der Waals surface area contributed by atoms with E-state index in [1.807, 2.05) is 20.8 Å². The van der Waals surface area contributed by atoms with E-state index in [1.165, 1.54) is 11.5 Å². The Morgan fingerprint density at radius 1 is 1.60 bits per heavy atom. The first kappa shape index (κ1) is 14.9. The van der Waals surface area contributed by atoms with Crippen LogP contribution in [0.4, 0.5) is 15.5 Å². The number of nitrogens with one attached hydrogen (secondary N) is 1. The van der Waals surface area contributed by atoms with Crippen LogP contribution in [-0.2, 0) is 4.74 Å². The van der Waals surface area contributed by atoms with Gasteiger partial charge in [-0.05, 0) is 45.1 Å². The zero-order chi connectivity index (χ0) is 14.8. The third kappa shape index (κ3) is 4.00. The van der Waals surface area contributed by atoms with E-state index in [0.29, 0.717) is 12.2 Å². The molecule has 6 nitrogen and oxygen atoms in total. The second-order valence-corrected chi connectivity index (χ2v) is 6.86. The molecule has 1 aliphatic rings. The monoisotopic (exact) mass is 298 g/mol. The first-order chi connectivity index (χ1) is 9.35. The van der Waals surface area contributed by atoms with Crippen molar-refractivity contribution in [1.82, 2.24) is 9.69 Å². The molecule has 7 heteroatoms. The molecule has 20 heavy (non-hydrogen) atoms. The van der Waals surface area contributed by atoms with Crippen LogP contribution in [0, 0.1) is 0 Å². The number of nitrogens with two attached hydrogens (primary N) is 1. The molecule has 1 fully saturated rings. The van der Waals surface area contributed by atoms with Crippen LogP contribution in [0.5, 0.6) is 0 Å². The van der Waals surface area contributed by atoms with Crippen molar-refractivity contribution in [1.29, 1.82) is 0 Å². The van der Waals surface area contributed by atoms with Gasteiger partial charge < -0.3 is 20.7 Å². The minimum Gasteiger partial charge on any atom is -0.444 e. The SMILES string of the molecule is CC(C)(C)NC(=O)O[C@H]1CCCN(c2sncc2N)C1. The average molecular weight is 298 g/mol. The van der Waals surface area contributed by atoms with Gasteiger partial charge in [-0.15, -0.1) is 0 Å². The van der Waals surface area contributed by atoms with Crippen molar-refractivity contribution in [3.8, 4) is 0 Å². The molecule has 0 bridgehead atoms. The van der Waals surface area contributed by atoms with E-state index >= 15 is 0 Å². The van der Waals surface area contributed by atoms with E-state index in [9.17, 15) is 4.79 Å². The Morgan fingerprint density at radius 2 is 2.35 bits per heavy atom. The number of amides is 1. The molecule has 0 aromatic carbocycles. The van der Waals surface area contributed by atoms with Gasteiger partial charge in [0.2, 0.25) is 0 Å². The number of aromatic nitrogens is 1. The lowest BCUT2D eigenvalue weighted by Gasteiger charge is -2.33. The highest BCUT2D eigenvalue weighted by atomic mass is 32.1. The second kappa shape index (κ2) is 5.87. The summed E-state index contributed by atoms with van der Waals surface area (Å²) in [6.45, 7) is 7.38. The zero-order valence-corrected chi connectivity index (χ0v) is 13.0. The molecule has 1 saturated heterocycles. The fourth-order valence-corrected chi connectivity index (χ4v) is 2.89. The van der Waals surface area contributed by atoms with Crippen LogP contribution in [-0.4, -0.2) is 35.2 Å². The van der Waals surface area contributed by atoms with Crippen molar-refractivity contribution in [2.24, 2.45) is 0 Å². The number of alkyl carbamates (subject to hydrolysis) is 1. The molecular weight excluding hydrogens is 276 g/mol. The Kier molecular flexibility index (Phi) is 4.37. The fraction of sp³-hybridized carbons (Fsp3) is 0.692. The van der Waals surface area contributed by atoms with Crippen molar-refractivity contribution in [3.63, 3.8) is 0 Å². The van der Waals surface area contributed by atoms with Crippen LogP contribution in [0.2, 0.25) is 0 Å². The molecule has 0 aliphatic carbocycles. The van der Waals surface area contributed by atoms with Crippen LogP contribution in [0.3, 0.4) is 0 Å². The molecule has 2 rings (SSSR count). The van der Waals surface area contributed by atoms with Crippen molar-refractivity contribution in [2.75, 3.05) is 23.7 Å². The molecule has 1 atom stereocenters. The quantitative estimate of drug-likeness (QED) is 0.875. The van der Waals surface area contributed by atoms with Crippen LogP contribution < -0.4 is 16.0 Å². The van der Waals surface area contributed by atoms with Crippen molar-refractivity contribution in [3.05, 3.63) is 6.20 Å². The molecule has 0 spiro atoms. The summed E-state index contributed by atoms with van der Waals surface area (Å²) >= 11 is 1.38. The van der Waals surface area contributed by atoms with E-state index in [4.69, 9.17) is 10.5 Å². The van der Waals surface area contributed by atoms with Crippen LogP contribution in [0.1, 0.15) is 33.6 Å². The lowest BCUT2D eigenvalue weighted by molar-refractivity contribution is 0.0828. The normalized spacial score (nSPS) is 19.8. The highest BCUT2D eigenvalue weighted by Crippen LogP contribution is 2.30. The van der Waals surface area contributed by atoms with Gasteiger partial charge in [-0.3, -0.25) is 0 Å². The number of ether oxygens (including phenoxy) is 1. The molecule has 112 valence electrons. The first-order valence-corrected chi connectivity index (χ1v) is 7.56. The van der Waals surface area contributed by atoms with E-state index in [1.54, 1.807) is 6.20 Å². The van der Waals surface area contributed by atoms with E-state index in [-0.39, 0.29) is 17.7 Å².